The minimum Gasteiger partial charge on any atom is -0.313 e. The molecular weight excluding hydrogens is 172 g/mol. The fourth-order valence-electron chi connectivity index (χ4n) is 3.01. The highest BCUT2D eigenvalue weighted by atomic mass is 15.2. The van der Waals surface area contributed by atoms with E-state index in [1.165, 1.54) is 45.1 Å². The van der Waals surface area contributed by atoms with Gasteiger partial charge in [-0.25, -0.2) is 0 Å². The van der Waals surface area contributed by atoms with E-state index in [9.17, 15) is 0 Å². The van der Waals surface area contributed by atoms with Gasteiger partial charge in [0.15, 0.2) is 0 Å². The summed E-state index contributed by atoms with van der Waals surface area (Å²) in [6.07, 6.45) is 8.56. The van der Waals surface area contributed by atoms with Crippen molar-refractivity contribution in [2.45, 2.75) is 63.6 Å². The third-order valence-electron chi connectivity index (χ3n) is 4.05. The Bertz CT molecular complexity index is 170. The molecule has 0 amide bonds. The highest BCUT2D eigenvalue weighted by Gasteiger charge is 2.29. The van der Waals surface area contributed by atoms with E-state index in [0.29, 0.717) is 0 Å². The zero-order valence-corrected chi connectivity index (χ0v) is 9.63. The van der Waals surface area contributed by atoms with Crippen LogP contribution in [0.5, 0.6) is 0 Å². The van der Waals surface area contributed by atoms with Gasteiger partial charge in [-0.05, 0) is 33.2 Å². The van der Waals surface area contributed by atoms with Crippen LogP contribution in [0.1, 0.15) is 45.4 Å². The van der Waals surface area contributed by atoms with Crippen LogP contribution < -0.4 is 5.32 Å². The van der Waals surface area contributed by atoms with Gasteiger partial charge in [0.25, 0.3) is 0 Å². The van der Waals surface area contributed by atoms with Crippen LogP contribution in [0.4, 0.5) is 0 Å². The van der Waals surface area contributed by atoms with E-state index in [-0.39, 0.29) is 0 Å². The summed E-state index contributed by atoms with van der Waals surface area (Å²) < 4.78 is 0. The Balaban J connectivity index is 1.84. The summed E-state index contributed by atoms with van der Waals surface area (Å²) in [5, 5.41) is 3.55. The SMILES string of the molecule is CC1CC(N(C)C2CCCCC2)CN1. The molecule has 0 aromatic carbocycles. The van der Waals surface area contributed by atoms with Crippen molar-refractivity contribution >= 4 is 0 Å². The molecule has 2 atom stereocenters. The van der Waals surface area contributed by atoms with Gasteiger partial charge >= 0.3 is 0 Å². The number of hydrogen-bond donors (Lipinski definition) is 1. The van der Waals surface area contributed by atoms with E-state index >= 15 is 0 Å². The molecule has 2 unspecified atom stereocenters. The molecule has 2 rings (SSSR count). The fourth-order valence-corrected chi connectivity index (χ4v) is 3.01. The number of likely N-dealkylation sites (N-methyl/N-ethyl adjacent to an activating group) is 1. The topological polar surface area (TPSA) is 15.3 Å². The normalized spacial score (nSPS) is 35.4. The number of nitrogens with one attached hydrogen (secondary N) is 1. The van der Waals surface area contributed by atoms with E-state index in [4.69, 9.17) is 0 Å². The largest absolute Gasteiger partial charge is 0.313 e. The van der Waals surface area contributed by atoms with Gasteiger partial charge in [0.1, 0.15) is 0 Å². The highest BCUT2D eigenvalue weighted by Crippen LogP contribution is 2.25. The first-order chi connectivity index (χ1) is 6.77. The van der Waals surface area contributed by atoms with Crippen molar-refractivity contribution in [2.24, 2.45) is 0 Å². The van der Waals surface area contributed by atoms with Gasteiger partial charge in [0.05, 0.1) is 0 Å². The van der Waals surface area contributed by atoms with E-state index in [1.807, 2.05) is 0 Å². The second kappa shape index (κ2) is 4.63. The molecule has 0 spiro atoms. The second-order valence-corrected chi connectivity index (χ2v) is 5.16. The van der Waals surface area contributed by atoms with Gasteiger partial charge < -0.3 is 5.32 Å². The lowest BCUT2D eigenvalue weighted by molar-refractivity contribution is 0.145. The summed E-state index contributed by atoms with van der Waals surface area (Å²) in [5.74, 6) is 0. The van der Waals surface area contributed by atoms with Crippen LogP contribution in [-0.2, 0) is 0 Å². The molecule has 0 bridgehead atoms. The molecule has 2 fully saturated rings. The molecule has 1 N–H and O–H groups in total. The first-order valence-corrected chi connectivity index (χ1v) is 6.22. The van der Waals surface area contributed by atoms with E-state index in [0.717, 1.165) is 18.1 Å². The molecule has 0 radical (unpaired) electrons. The maximum Gasteiger partial charge on any atom is 0.0235 e. The Labute approximate surface area is 88.1 Å². The Hall–Kier alpha value is -0.0800. The quantitative estimate of drug-likeness (QED) is 0.726. The molecule has 1 saturated carbocycles. The first kappa shape index (κ1) is 10.4. The lowest BCUT2D eigenvalue weighted by Gasteiger charge is -2.35. The van der Waals surface area contributed by atoms with Gasteiger partial charge in [0, 0.05) is 24.7 Å². The predicted molar refractivity (Wildman–Crippen MR) is 60.5 cm³/mol. The standard InChI is InChI=1S/C12H24N2/c1-10-8-12(9-13-10)14(2)11-6-4-3-5-7-11/h10-13H,3-9H2,1-2H3. The number of hydrogen-bond acceptors (Lipinski definition) is 2. The zero-order valence-electron chi connectivity index (χ0n) is 9.63. The van der Waals surface area contributed by atoms with Gasteiger partial charge in [0.2, 0.25) is 0 Å². The van der Waals surface area contributed by atoms with Crippen LogP contribution in [0, 0.1) is 0 Å². The molecule has 1 saturated heterocycles. The van der Waals surface area contributed by atoms with Crippen LogP contribution in [0.15, 0.2) is 0 Å². The predicted octanol–water partition coefficient (Wildman–Crippen LogP) is 2.00. The summed E-state index contributed by atoms with van der Waals surface area (Å²) in [4.78, 5) is 2.65. The number of rotatable bonds is 2. The average Bonchev–Trinajstić information content (AvgIpc) is 2.65. The van der Waals surface area contributed by atoms with Crippen molar-refractivity contribution in [3.63, 3.8) is 0 Å². The Morgan fingerprint density at radius 1 is 1.07 bits per heavy atom. The van der Waals surface area contributed by atoms with Crippen LogP contribution in [0.3, 0.4) is 0 Å². The van der Waals surface area contributed by atoms with E-state index < -0.39 is 0 Å². The summed E-state index contributed by atoms with van der Waals surface area (Å²) in [6, 6.07) is 2.40. The summed E-state index contributed by atoms with van der Waals surface area (Å²) in [5.41, 5.74) is 0. The van der Waals surface area contributed by atoms with Crippen molar-refractivity contribution in [2.75, 3.05) is 13.6 Å². The van der Waals surface area contributed by atoms with Crippen molar-refractivity contribution in [3.8, 4) is 0 Å². The van der Waals surface area contributed by atoms with Crippen molar-refractivity contribution in [1.82, 2.24) is 10.2 Å². The Kier molecular flexibility index (Phi) is 3.45. The molecule has 1 aliphatic carbocycles. The molecule has 14 heavy (non-hydrogen) atoms. The minimum absolute atomic E-state index is 0.728. The minimum atomic E-state index is 0.728. The third-order valence-corrected chi connectivity index (χ3v) is 4.05. The molecule has 2 nitrogen and oxygen atoms in total. The van der Waals surface area contributed by atoms with Crippen molar-refractivity contribution < 1.29 is 0 Å². The van der Waals surface area contributed by atoms with Crippen LogP contribution in [0.2, 0.25) is 0 Å². The molecule has 2 heteroatoms. The van der Waals surface area contributed by atoms with Crippen molar-refractivity contribution in [1.29, 1.82) is 0 Å². The van der Waals surface area contributed by atoms with Crippen LogP contribution in [-0.4, -0.2) is 36.6 Å². The van der Waals surface area contributed by atoms with E-state index in [2.05, 4.69) is 24.2 Å². The Morgan fingerprint density at radius 2 is 1.79 bits per heavy atom. The van der Waals surface area contributed by atoms with Gasteiger partial charge in [-0.2, -0.15) is 0 Å². The lowest BCUT2D eigenvalue weighted by Crippen LogP contribution is -2.42. The highest BCUT2D eigenvalue weighted by molar-refractivity contribution is 4.88. The lowest BCUT2D eigenvalue weighted by atomic mass is 9.93. The summed E-state index contributed by atoms with van der Waals surface area (Å²) in [7, 11) is 2.33. The maximum atomic E-state index is 3.55. The fraction of sp³-hybridized carbons (Fsp3) is 1.00. The summed E-state index contributed by atoms with van der Waals surface area (Å²) in [6.45, 7) is 3.50. The smallest absolute Gasteiger partial charge is 0.0235 e. The number of nitrogens with zero attached hydrogens (tertiary/aromatic N) is 1. The summed E-state index contributed by atoms with van der Waals surface area (Å²) >= 11 is 0. The maximum absolute atomic E-state index is 3.55. The van der Waals surface area contributed by atoms with Crippen LogP contribution in [0.25, 0.3) is 0 Å². The van der Waals surface area contributed by atoms with Gasteiger partial charge in [-0.15, -0.1) is 0 Å². The van der Waals surface area contributed by atoms with Gasteiger partial charge in [-0.3, -0.25) is 4.90 Å². The van der Waals surface area contributed by atoms with Crippen molar-refractivity contribution in [3.05, 3.63) is 0 Å². The molecular formula is C12H24N2. The third kappa shape index (κ3) is 2.29. The van der Waals surface area contributed by atoms with Crippen LogP contribution >= 0.6 is 0 Å². The molecule has 0 aromatic rings. The second-order valence-electron chi connectivity index (χ2n) is 5.16. The molecule has 0 aromatic heterocycles. The molecule has 1 aliphatic heterocycles. The average molecular weight is 196 g/mol. The molecule has 1 heterocycles. The Morgan fingerprint density at radius 3 is 2.36 bits per heavy atom. The monoisotopic (exact) mass is 196 g/mol. The first-order valence-electron chi connectivity index (χ1n) is 6.22. The molecule has 2 aliphatic rings. The van der Waals surface area contributed by atoms with Gasteiger partial charge in [-0.1, -0.05) is 19.3 Å². The van der Waals surface area contributed by atoms with E-state index in [1.54, 1.807) is 0 Å². The molecule has 82 valence electrons. The zero-order chi connectivity index (χ0) is 9.97.